The Morgan fingerprint density at radius 1 is 1.37 bits per heavy atom. The van der Waals surface area contributed by atoms with E-state index in [0.29, 0.717) is 18.4 Å². The number of hydrogen-bond acceptors (Lipinski definition) is 3. The first kappa shape index (κ1) is 13.1. The van der Waals surface area contributed by atoms with Gasteiger partial charge in [-0.15, -0.1) is 11.3 Å². The van der Waals surface area contributed by atoms with Gasteiger partial charge in [-0.25, -0.2) is 0 Å². The lowest BCUT2D eigenvalue weighted by Gasteiger charge is -2.40. The highest BCUT2D eigenvalue weighted by atomic mass is 32.1. The summed E-state index contributed by atoms with van der Waals surface area (Å²) in [7, 11) is 0. The van der Waals surface area contributed by atoms with Crippen LogP contribution >= 0.6 is 11.3 Å². The molecule has 0 aromatic carbocycles. The lowest BCUT2D eigenvalue weighted by molar-refractivity contribution is -0.132. The number of hydrogen-bond donors (Lipinski definition) is 0. The summed E-state index contributed by atoms with van der Waals surface area (Å²) >= 11 is 1.90. The minimum absolute atomic E-state index is 0.317. The van der Waals surface area contributed by atoms with Crippen LogP contribution in [-0.4, -0.2) is 41.4 Å². The molecular formula is C15H22N2OS. The van der Waals surface area contributed by atoms with Crippen molar-refractivity contribution in [1.29, 1.82) is 0 Å². The lowest BCUT2D eigenvalue weighted by atomic mass is 9.99. The van der Waals surface area contributed by atoms with Gasteiger partial charge in [-0.1, -0.05) is 6.92 Å². The normalized spacial score (nSPS) is 21.4. The first-order chi connectivity index (χ1) is 9.28. The van der Waals surface area contributed by atoms with Gasteiger partial charge in [0.2, 0.25) is 5.91 Å². The molecule has 1 aromatic rings. The second-order valence-electron chi connectivity index (χ2n) is 5.56. The summed E-state index contributed by atoms with van der Waals surface area (Å²) in [6, 6.07) is 2.95. The largest absolute Gasteiger partial charge is 0.343 e. The topological polar surface area (TPSA) is 23.6 Å². The van der Waals surface area contributed by atoms with Gasteiger partial charge in [0.1, 0.15) is 0 Å². The van der Waals surface area contributed by atoms with E-state index in [9.17, 15) is 4.79 Å². The van der Waals surface area contributed by atoms with Crippen molar-refractivity contribution in [2.45, 2.75) is 45.2 Å². The highest BCUT2D eigenvalue weighted by Gasteiger charge is 2.28. The molecule has 1 saturated heterocycles. The number of likely N-dealkylation sites (tertiary alicyclic amines) is 1. The van der Waals surface area contributed by atoms with Crippen LogP contribution in [0.15, 0.2) is 11.4 Å². The fourth-order valence-corrected chi connectivity index (χ4v) is 4.18. The maximum atomic E-state index is 11.7. The zero-order valence-corrected chi connectivity index (χ0v) is 12.4. The van der Waals surface area contributed by atoms with Crippen molar-refractivity contribution < 1.29 is 4.79 Å². The van der Waals surface area contributed by atoms with Crippen molar-refractivity contribution in [1.82, 2.24) is 9.80 Å². The lowest BCUT2D eigenvalue weighted by Crippen LogP contribution is -2.47. The molecule has 3 heterocycles. The molecule has 1 amide bonds. The van der Waals surface area contributed by atoms with Crippen LogP contribution in [0.25, 0.3) is 0 Å². The van der Waals surface area contributed by atoms with Crippen molar-refractivity contribution in [2.75, 3.05) is 19.6 Å². The molecule has 104 valence electrons. The summed E-state index contributed by atoms with van der Waals surface area (Å²) in [5.74, 6) is 0.317. The Bertz CT molecular complexity index is 449. The quantitative estimate of drug-likeness (QED) is 0.830. The molecule has 0 saturated carbocycles. The summed E-state index contributed by atoms with van der Waals surface area (Å²) in [4.78, 5) is 17.9. The van der Waals surface area contributed by atoms with Gasteiger partial charge < -0.3 is 4.90 Å². The van der Waals surface area contributed by atoms with Crippen LogP contribution in [0.5, 0.6) is 0 Å². The van der Waals surface area contributed by atoms with Crippen LogP contribution in [0.3, 0.4) is 0 Å². The fraction of sp³-hybridized carbons (Fsp3) is 0.667. The molecule has 0 bridgehead atoms. The summed E-state index contributed by atoms with van der Waals surface area (Å²) in [6.07, 6.45) is 4.14. The Morgan fingerprint density at radius 2 is 2.16 bits per heavy atom. The number of amides is 1. The number of piperidine rings is 1. The van der Waals surface area contributed by atoms with E-state index in [-0.39, 0.29) is 0 Å². The van der Waals surface area contributed by atoms with Gasteiger partial charge in [0.15, 0.2) is 0 Å². The Hall–Kier alpha value is -0.870. The smallest absolute Gasteiger partial charge is 0.222 e. The van der Waals surface area contributed by atoms with Gasteiger partial charge in [0.25, 0.3) is 0 Å². The molecule has 3 rings (SSSR count). The zero-order valence-electron chi connectivity index (χ0n) is 11.6. The van der Waals surface area contributed by atoms with E-state index in [1.165, 1.54) is 18.5 Å². The highest BCUT2D eigenvalue weighted by Crippen LogP contribution is 2.28. The number of carbonyl (C=O) groups is 1. The van der Waals surface area contributed by atoms with Gasteiger partial charge >= 0.3 is 0 Å². The second-order valence-corrected chi connectivity index (χ2v) is 6.56. The molecule has 0 unspecified atom stereocenters. The molecule has 19 heavy (non-hydrogen) atoms. The monoisotopic (exact) mass is 278 g/mol. The average Bonchev–Trinajstić information content (AvgIpc) is 2.94. The van der Waals surface area contributed by atoms with Gasteiger partial charge in [0.05, 0.1) is 0 Å². The molecule has 1 fully saturated rings. The Kier molecular flexibility index (Phi) is 3.89. The third-order valence-corrected chi connectivity index (χ3v) is 5.50. The summed E-state index contributed by atoms with van der Waals surface area (Å²) < 4.78 is 0. The van der Waals surface area contributed by atoms with Gasteiger partial charge in [-0.05, 0) is 36.3 Å². The van der Waals surface area contributed by atoms with Crippen molar-refractivity contribution in [2.24, 2.45) is 0 Å². The van der Waals surface area contributed by atoms with Crippen LogP contribution in [0, 0.1) is 0 Å². The first-order valence-corrected chi connectivity index (χ1v) is 8.23. The Labute approximate surface area is 119 Å². The highest BCUT2D eigenvalue weighted by molar-refractivity contribution is 7.10. The minimum atomic E-state index is 0.317. The molecule has 3 nitrogen and oxygen atoms in total. The maximum Gasteiger partial charge on any atom is 0.222 e. The van der Waals surface area contributed by atoms with Crippen LogP contribution < -0.4 is 0 Å². The predicted octanol–water partition coefficient (Wildman–Crippen LogP) is 2.51. The van der Waals surface area contributed by atoms with Crippen LogP contribution in [-0.2, 0) is 17.8 Å². The standard InChI is InChI=1S/C15H22N2OS/c1-2-15(18)16-7-3-13(4-8-16)17-9-5-14-12(11-17)6-10-19-14/h6,10,13H,2-5,7-9,11H2,1H3. The van der Waals surface area contributed by atoms with Crippen molar-refractivity contribution >= 4 is 17.2 Å². The van der Waals surface area contributed by atoms with Gasteiger partial charge in [-0.3, -0.25) is 9.69 Å². The third kappa shape index (κ3) is 2.70. The second kappa shape index (κ2) is 5.63. The Morgan fingerprint density at radius 3 is 2.89 bits per heavy atom. The number of fused-ring (bicyclic) bond motifs is 1. The maximum absolute atomic E-state index is 11.7. The van der Waals surface area contributed by atoms with Crippen LogP contribution in [0.1, 0.15) is 36.6 Å². The molecule has 0 aliphatic carbocycles. The van der Waals surface area contributed by atoms with Crippen molar-refractivity contribution in [3.63, 3.8) is 0 Å². The van der Waals surface area contributed by atoms with E-state index < -0.39 is 0 Å². The molecular weight excluding hydrogens is 256 g/mol. The van der Waals surface area contributed by atoms with Crippen LogP contribution in [0.4, 0.5) is 0 Å². The summed E-state index contributed by atoms with van der Waals surface area (Å²) in [6.45, 7) is 6.16. The van der Waals surface area contributed by atoms with Crippen molar-refractivity contribution in [3.05, 3.63) is 21.9 Å². The Balaban J connectivity index is 1.57. The van der Waals surface area contributed by atoms with Gasteiger partial charge in [0, 0.05) is 43.5 Å². The summed E-state index contributed by atoms with van der Waals surface area (Å²) in [5.41, 5.74) is 1.53. The molecule has 2 aliphatic rings. The molecule has 4 heteroatoms. The molecule has 2 aliphatic heterocycles. The molecule has 0 atom stereocenters. The van der Waals surface area contributed by atoms with Crippen molar-refractivity contribution in [3.8, 4) is 0 Å². The van der Waals surface area contributed by atoms with E-state index in [0.717, 1.165) is 32.5 Å². The predicted molar refractivity (Wildman–Crippen MR) is 78.3 cm³/mol. The molecule has 0 spiro atoms. The van der Waals surface area contributed by atoms with E-state index in [1.54, 1.807) is 4.88 Å². The average molecular weight is 278 g/mol. The zero-order chi connectivity index (χ0) is 13.2. The molecule has 0 N–H and O–H groups in total. The fourth-order valence-electron chi connectivity index (χ4n) is 3.29. The van der Waals surface area contributed by atoms with E-state index in [1.807, 2.05) is 23.2 Å². The number of carbonyl (C=O) groups excluding carboxylic acids is 1. The SMILES string of the molecule is CCC(=O)N1CCC(N2CCc3sccc3C2)CC1. The van der Waals surface area contributed by atoms with E-state index >= 15 is 0 Å². The molecule has 1 aromatic heterocycles. The summed E-state index contributed by atoms with van der Waals surface area (Å²) in [5, 5.41) is 2.22. The number of nitrogens with zero attached hydrogens (tertiary/aromatic N) is 2. The first-order valence-electron chi connectivity index (χ1n) is 7.35. The minimum Gasteiger partial charge on any atom is -0.343 e. The van der Waals surface area contributed by atoms with E-state index in [4.69, 9.17) is 0 Å². The van der Waals surface area contributed by atoms with Gasteiger partial charge in [-0.2, -0.15) is 0 Å². The van der Waals surface area contributed by atoms with E-state index in [2.05, 4.69) is 16.3 Å². The van der Waals surface area contributed by atoms with Crippen LogP contribution in [0.2, 0.25) is 0 Å². The number of rotatable bonds is 2. The third-order valence-electron chi connectivity index (χ3n) is 4.47. The number of thiophene rings is 1. The molecule has 0 radical (unpaired) electrons.